The van der Waals surface area contributed by atoms with Crippen molar-refractivity contribution in [1.82, 2.24) is 9.78 Å². The van der Waals surface area contributed by atoms with Gasteiger partial charge in [0.2, 0.25) is 5.90 Å². The maximum Gasteiger partial charge on any atom is 0.235 e. The minimum atomic E-state index is 0.0339. The van der Waals surface area contributed by atoms with Gasteiger partial charge in [-0.2, -0.15) is 5.10 Å². The zero-order chi connectivity index (χ0) is 19.6. The number of ether oxygens (including phenoxy) is 2. The molecule has 5 nitrogen and oxygen atoms in total. The summed E-state index contributed by atoms with van der Waals surface area (Å²) in [5.74, 6) is 1.60. The second kappa shape index (κ2) is 10.9. The normalized spacial score (nSPS) is 16.1. The predicted octanol–water partition coefficient (Wildman–Crippen LogP) is 5.46. The summed E-state index contributed by atoms with van der Waals surface area (Å²) in [5.41, 5.74) is 2.06. The van der Waals surface area contributed by atoms with Gasteiger partial charge in [0.15, 0.2) is 0 Å². The minimum absolute atomic E-state index is 0.0339. The Morgan fingerprint density at radius 2 is 1.71 bits per heavy atom. The van der Waals surface area contributed by atoms with Crippen LogP contribution in [0.25, 0.3) is 0 Å². The van der Waals surface area contributed by atoms with Gasteiger partial charge in [-0.1, -0.05) is 64.0 Å². The van der Waals surface area contributed by atoms with Gasteiger partial charge < -0.3 is 9.47 Å². The quantitative estimate of drug-likeness (QED) is 0.457. The number of aliphatic imine (C=N–C) groups is 1. The van der Waals surface area contributed by atoms with Crippen LogP contribution >= 0.6 is 0 Å². The van der Waals surface area contributed by atoms with Crippen molar-refractivity contribution in [3.63, 3.8) is 0 Å². The molecule has 1 aliphatic rings. The van der Waals surface area contributed by atoms with Crippen molar-refractivity contribution in [2.45, 2.75) is 64.3 Å². The molecule has 0 N–H and O–H groups in total. The van der Waals surface area contributed by atoms with Crippen LogP contribution in [0.15, 0.2) is 41.5 Å². The highest BCUT2D eigenvalue weighted by Crippen LogP contribution is 2.26. The maximum atomic E-state index is 5.89. The highest BCUT2D eigenvalue weighted by molar-refractivity contribution is 5.93. The molecule has 1 atom stereocenters. The second-order valence-corrected chi connectivity index (χ2v) is 7.49. The van der Waals surface area contributed by atoms with Crippen molar-refractivity contribution in [3.8, 4) is 5.75 Å². The summed E-state index contributed by atoms with van der Waals surface area (Å²) in [6, 6.07) is 10.2. The van der Waals surface area contributed by atoms with Crippen molar-refractivity contribution in [2.24, 2.45) is 12.0 Å². The molecule has 0 aliphatic carbocycles. The van der Waals surface area contributed by atoms with Crippen LogP contribution < -0.4 is 4.74 Å². The number of nitrogens with zero attached hydrogens (tertiary/aromatic N) is 3. The second-order valence-electron chi connectivity index (χ2n) is 7.49. The zero-order valence-corrected chi connectivity index (χ0v) is 17.3. The number of hydrogen-bond acceptors (Lipinski definition) is 4. The monoisotopic (exact) mass is 383 g/mol. The predicted molar refractivity (Wildman–Crippen MR) is 113 cm³/mol. The van der Waals surface area contributed by atoms with Gasteiger partial charge in [0.1, 0.15) is 24.1 Å². The van der Waals surface area contributed by atoms with Crippen LogP contribution in [0.5, 0.6) is 5.75 Å². The van der Waals surface area contributed by atoms with Crippen molar-refractivity contribution >= 4 is 5.90 Å². The van der Waals surface area contributed by atoms with Crippen LogP contribution in [0.2, 0.25) is 0 Å². The first kappa shape index (κ1) is 20.4. The lowest BCUT2D eigenvalue weighted by Gasteiger charge is -2.09. The number of rotatable bonds is 12. The highest BCUT2D eigenvalue weighted by atomic mass is 16.5. The summed E-state index contributed by atoms with van der Waals surface area (Å²) in [6.07, 6.45) is 12.3. The van der Waals surface area contributed by atoms with Gasteiger partial charge in [-0.05, 0) is 30.2 Å². The molecule has 1 aromatic heterocycles. The highest BCUT2D eigenvalue weighted by Gasteiger charge is 2.23. The SMILES string of the molecule is CCCCCCCCCCOc1ccc(C2COC(c3ccnn3C)=N2)cc1. The molecular weight excluding hydrogens is 350 g/mol. The van der Waals surface area contributed by atoms with Gasteiger partial charge in [0, 0.05) is 13.2 Å². The Labute approximate surface area is 168 Å². The minimum Gasteiger partial charge on any atom is -0.494 e. The Kier molecular flexibility index (Phi) is 7.94. The topological polar surface area (TPSA) is 48.6 Å². The lowest BCUT2D eigenvalue weighted by atomic mass is 10.1. The maximum absolute atomic E-state index is 5.89. The summed E-state index contributed by atoms with van der Waals surface area (Å²) in [7, 11) is 1.90. The van der Waals surface area contributed by atoms with Crippen molar-refractivity contribution in [3.05, 3.63) is 47.8 Å². The van der Waals surface area contributed by atoms with E-state index in [0.29, 0.717) is 12.5 Å². The summed E-state index contributed by atoms with van der Waals surface area (Å²) in [4.78, 5) is 4.71. The lowest BCUT2D eigenvalue weighted by molar-refractivity contribution is 0.303. The first-order valence-electron chi connectivity index (χ1n) is 10.7. The first-order chi connectivity index (χ1) is 13.8. The fourth-order valence-corrected chi connectivity index (χ4v) is 3.48. The van der Waals surface area contributed by atoms with Crippen molar-refractivity contribution in [1.29, 1.82) is 0 Å². The summed E-state index contributed by atoms with van der Waals surface area (Å²) < 4.78 is 13.4. The third-order valence-electron chi connectivity index (χ3n) is 5.22. The average molecular weight is 384 g/mol. The van der Waals surface area contributed by atoms with Gasteiger partial charge in [-0.15, -0.1) is 0 Å². The number of aryl methyl sites for hydroxylation is 1. The molecule has 152 valence electrons. The van der Waals surface area contributed by atoms with Crippen LogP contribution in [0.1, 0.15) is 75.6 Å². The van der Waals surface area contributed by atoms with Crippen LogP contribution in [0.3, 0.4) is 0 Å². The van der Waals surface area contributed by atoms with E-state index in [2.05, 4.69) is 24.2 Å². The van der Waals surface area contributed by atoms with E-state index in [-0.39, 0.29) is 6.04 Å². The van der Waals surface area contributed by atoms with E-state index in [1.54, 1.807) is 10.9 Å². The zero-order valence-electron chi connectivity index (χ0n) is 17.3. The molecule has 3 rings (SSSR count). The van der Waals surface area contributed by atoms with Crippen LogP contribution in [0.4, 0.5) is 0 Å². The smallest absolute Gasteiger partial charge is 0.235 e. The standard InChI is InChI=1S/C23H33N3O2/c1-3-4-5-6-7-8-9-10-17-27-20-13-11-19(12-14-20)21-18-28-23(25-21)22-15-16-24-26(22)2/h11-16,21H,3-10,17-18H2,1-2H3. The molecule has 2 heterocycles. The molecule has 2 aromatic rings. The average Bonchev–Trinajstić information content (AvgIpc) is 3.36. The Balaban J connectivity index is 1.37. The molecule has 1 aliphatic heterocycles. The number of hydrogen-bond donors (Lipinski definition) is 0. The Morgan fingerprint density at radius 1 is 1.00 bits per heavy atom. The molecule has 1 unspecified atom stereocenters. The van der Waals surface area contributed by atoms with Gasteiger partial charge in [-0.3, -0.25) is 4.68 Å². The molecule has 5 heteroatoms. The van der Waals surface area contributed by atoms with E-state index in [1.165, 1.54) is 44.9 Å². The van der Waals surface area contributed by atoms with E-state index >= 15 is 0 Å². The first-order valence-corrected chi connectivity index (χ1v) is 10.7. The van der Waals surface area contributed by atoms with E-state index in [1.807, 2.05) is 25.2 Å². The van der Waals surface area contributed by atoms with Gasteiger partial charge in [0.05, 0.1) is 6.61 Å². The number of aromatic nitrogens is 2. The van der Waals surface area contributed by atoms with Crippen LogP contribution in [-0.2, 0) is 11.8 Å². The third kappa shape index (κ3) is 5.85. The Hall–Kier alpha value is -2.30. The molecule has 28 heavy (non-hydrogen) atoms. The van der Waals surface area contributed by atoms with E-state index in [0.717, 1.165) is 30.0 Å². The molecule has 0 saturated heterocycles. The van der Waals surface area contributed by atoms with Crippen molar-refractivity contribution in [2.75, 3.05) is 13.2 Å². The largest absolute Gasteiger partial charge is 0.494 e. The molecule has 0 amide bonds. The van der Waals surface area contributed by atoms with Gasteiger partial charge in [0.25, 0.3) is 0 Å². The molecule has 0 spiro atoms. The number of benzene rings is 1. The van der Waals surface area contributed by atoms with Gasteiger partial charge in [-0.25, -0.2) is 4.99 Å². The van der Waals surface area contributed by atoms with Crippen molar-refractivity contribution < 1.29 is 9.47 Å². The Morgan fingerprint density at radius 3 is 2.39 bits per heavy atom. The van der Waals surface area contributed by atoms with Crippen LogP contribution in [0, 0.1) is 0 Å². The number of unbranched alkanes of at least 4 members (excludes halogenated alkanes) is 7. The van der Waals surface area contributed by atoms with E-state index in [9.17, 15) is 0 Å². The Bertz CT molecular complexity index is 737. The molecule has 0 saturated carbocycles. The summed E-state index contributed by atoms with van der Waals surface area (Å²) in [5, 5.41) is 4.17. The van der Waals surface area contributed by atoms with E-state index in [4.69, 9.17) is 14.5 Å². The molecular formula is C23H33N3O2. The molecule has 1 aromatic carbocycles. The molecule has 0 radical (unpaired) electrons. The lowest BCUT2D eigenvalue weighted by Crippen LogP contribution is -2.07. The summed E-state index contributed by atoms with van der Waals surface area (Å²) >= 11 is 0. The molecule has 0 bridgehead atoms. The van der Waals surface area contributed by atoms with Crippen LogP contribution in [-0.4, -0.2) is 28.9 Å². The third-order valence-corrected chi connectivity index (χ3v) is 5.22. The molecule has 0 fully saturated rings. The van der Waals surface area contributed by atoms with Gasteiger partial charge >= 0.3 is 0 Å². The fourth-order valence-electron chi connectivity index (χ4n) is 3.48. The van der Waals surface area contributed by atoms with E-state index < -0.39 is 0 Å². The fraction of sp³-hybridized carbons (Fsp3) is 0.565. The summed E-state index contributed by atoms with van der Waals surface area (Å²) in [6.45, 7) is 3.63.